The lowest BCUT2D eigenvalue weighted by Gasteiger charge is -2.18. The van der Waals surface area contributed by atoms with Crippen LogP contribution in [-0.4, -0.2) is 32.2 Å². The number of hydrogen-bond donors (Lipinski definition) is 1. The van der Waals surface area contributed by atoms with Crippen molar-refractivity contribution >= 4 is 27.6 Å². The van der Waals surface area contributed by atoms with E-state index in [4.69, 9.17) is 9.47 Å². The molecule has 1 N–H and O–H groups in total. The molecule has 4 rings (SSSR count). The molecule has 4 aromatic carbocycles. The van der Waals surface area contributed by atoms with Gasteiger partial charge in [0, 0.05) is 20.1 Å². The highest BCUT2D eigenvalue weighted by Gasteiger charge is 2.10. The maximum absolute atomic E-state index is 12.6. The molecule has 0 aliphatic carbocycles. The van der Waals surface area contributed by atoms with E-state index in [9.17, 15) is 4.79 Å². The molecule has 5 heteroatoms. The first kappa shape index (κ1) is 20.5. The molecule has 0 atom stereocenters. The predicted octanol–water partition coefficient (Wildman–Crippen LogP) is 5.35. The second kappa shape index (κ2) is 8.96. The molecule has 0 aromatic heterocycles. The van der Waals surface area contributed by atoms with E-state index in [0.29, 0.717) is 13.1 Å². The molecule has 0 aliphatic heterocycles. The number of benzene rings is 4. The summed E-state index contributed by atoms with van der Waals surface area (Å²) in [6.07, 6.45) is 0. The number of ether oxygens (including phenoxy) is 2. The normalized spacial score (nSPS) is 10.8. The van der Waals surface area contributed by atoms with Gasteiger partial charge in [0.05, 0.1) is 14.2 Å². The standard InChI is InChI=1S/C26H26N2O3/c1-28(17-19-5-7-23-15-25(31-3)11-9-21(23)13-19)26(29)27-16-18-4-6-22-14-24(30-2)10-8-20(22)12-18/h4-15H,16-17H2,1-3H3,(H,27,29). The van der Waals surface area contributed by atoms with Gasteiger partial charge in [-0.1, -0.05) is 36.4 Å². The van der Waals surface area contributed by atoms with Crippen LogP contribution in [0.5, 0.6) is 11.5 Å². The van der Waals surface area contributed by atoms with Crippen molar-refractivity contribution in [3.63, 3.8) is 0 Å². The number of carbonyl (C=O) groups is 1. The van der Waals surface area contributed by atoms with Crippen LogP contribution >= 0.6 is 0 Å². The first-order valence-corrected chi connectivity index (χ1v) is 10.2. The Balaban J connectivity index is 1.38. The van der Waals surface area contributed by atoms with Crippen LogP contribution in [0.25, 0.3) is 21.5 Å². The predicted molar refractivity (Wildman–Crippen MR) is 125 cm³/mol. The summed E-state index contributed by atoms with van der Waals surface area (Å²) >= 11 is 0. The number of methoxy groups -OCH3 is 2. The topological polar surface area (TPSA) is 50.8 Å². The van der Waals surface area contributed by atoms with E-state index in [1.54, 1.807) is 26.2 Å². The average Bonchev–Trinajstić information content (AvgIpc) is 2.81. The van der Waals surface area contributed by atoms with Crippen molar-refractivity contribution in [1.82, 2.24) is 10.2 Å². The first-order chi connectivity index (χ1) is 15.1. The molecule has 0 radical (unpaired) electrons. The van der Waals surface area contributed by atoms with Gasteiger partial charge in [-0.25, -0.2) is 4.79 Å². The Morgan fingerprint density at radius 1 is 0.742 bits per heavy atom. The lowest BCUT2D eigenvalue weighted by molar-refractivity contribution is 0.206. The highest BCUT2D eigenvalue weighted by molar-refractivity contribution is 5.85. The highest BCUT2D eigenvalue weighted by atomic mass is 16.5. The third kappa shape index (κ3) is 4.72. The SMILES string of the molecule is COc1ccc2cc(CNC(=O)N(C)Cc3ccc4cc(OC)ccc4c3)ccc2c1. The second-order valence-electron chi connectivity index (χ2n) is 7.61. The van der Waals surface area contributed by atoms with Crippen LogP contribution in [0.15, 0.2) is 72.8 Å². The van der Waals surface area contributed by atoms with Crippen LogP contribution in [0.3, 0.4) is 0 Å². The Labute approximate surface area is 182 Å². The van der Waals surface area contributed by atoms with E-state index in [1.165, 1.54) is 0 Å². The van der Waals surface area contributed by atoms with Crippen molar-refractivity contribution < 1.29 is 14.3 Å². The van der Waals surface area contributed by atoms with Crippen LogP contribution < -0.4 is 14.8 Å². The number of nitrogens with one attached hydrogen (secondary N) is 1. The Morgan fingerprint density at radius 3 is 1.81 bits per heavy atom. The van der Waals surface area contributed by atoms with E-state index < -0.39 is 0 Å². The quantitative estimate of drug-likeness (QED) is 0.463. The summed E-state index contributed by atoms with van der Waals surface area (Å²) in [4.78, 5) is 14.3. The van der Waals surface area contributed by atoms with Crippen LogP contribution in [-0.2, 0) is 13.1 Å². The average molecular weight is 415 g/mol. The fourth-order valence-electron chi connectivity index (χ4n) is 3.67. The minimum atomic E-state index is -0.107. The third-order valence-electron chi connectivity index (χ3n) is 5.43. The van der Waals surface area contributed by atoms with Gasteiger partial charge in [0.1, 0.15) is 11.5 Å². The van der Waals surface area contributed by atoms with Crippen LogP contribution in [0.2, 0.25) is 0 Å². The molecule has 5 nitrogen and oxygen atoms in total. The van der Waals surface area contributed by atoms with Crippen molar-refractivity contribution in [2.75, 3.05) is 21.3 Å². The maximum atomic E-state index is 12.6. The molecular formula is C26H26N2O3. The molecule has 0 bridgehead atoms. The number of nitrogens with zero attached hydrogens (tertiary/aromatic N) is 1. The van der Waals surface area contributed by atoms with Gasteiger partial charge in [-0.2, -0.15) is 0 Å². The van der Waals surface area contributed by atoms with Crippen molar-refractivity contribution in [2.45, 2.75) is 13.1 Å². The fraction of sp³-hybridized carbons (Fsp3) is 0.192. The van der Waals surface area contributed by atoms with Gasteiger partial charge in [0.25, 0.3) is 0 Å². The Hall–Kier alpha value is -3.73. The summed E-state index contributed by atoms with van der Waals surface area (Å²) in [5, 5.41) is 7.47. The third-order valence-corrected chi connectivity index (χ3v) is 5.43. The van der Waals surface area contributed by atoms with Crippen molar-refractivity contribution in [3.8, 4) is 11.5 Å². The molecule has 0 saturated carbocycles. The molecule has 158 valence electrons. The van der Waals surface area contributed by atoms with Crippen LogP contribution in [0.4, 0.5) is 4.79 Å². The van der Waals surface area contributed by atoms with Crippen molar-refractivity contribution in [2.24, 2.45) is 0 Å². The molecule has 0 spiro atoms. The Bertz CT molecular complexity index is 1240. The summed E-state index contributed by atoms with van der Waals surface area (Å²) < 4.78 is 10.6. The van der Waals surface area contributed by atoms with Gasteiger partial charge in [-0.15, -0.1) is 0 Å². The Kier molecular flexibility index (Phi) is 5.94. The molecule has 0 saturated heterocycles. The summed E-state index contributed by atoms with van der Waals surface area (Å²) in [5.74, 6) is 1.67. The minimum absolute atomic E-state index is 0.107. The summed E-state index contributed by atoms with van der Waals surface area (Å²) in [6, 6.07) is 24.2. The maximum Gasteiger partial charge on any atom is 0.317 e. The highest BCUT2D eigenvalue weighted by Crippen LogP contribution is 2.23. The summed E-state index contributed by atoms with van der Waals surface area (Å²) in [7, 11) is 5.13. The molecule has 0 heterocycles. The number of rotatable bonds is 6. The smallest absolute Gasteiger partial charge is 0.317 e. The van der Waals surface area contributed by atoms with Crippen molar-refractivity contribution in [3.05, 3.63) is 83.9 Å². The van der Waals surface area contributed by atoms with Crippen molar-refractivity contribution in [1.29, 1.82) is 0 Å². The molecule has 0 fully saturated rings. The molecule has 31 heavy (non-hydrogen) atoms. The van der Waals surface area contributed by atoms with Gasteiger partial charge >= 0.3 is 6.03 Å². The van der Waals surface area contributed by atoms with E-state index in [2.05, 4.69) is 23.5 Å². The number of carbonyl (C=O) groups excluding carboxylic acids is 1. The van der Waals surface area contributed by atoms with E-state index >= 15 is 0 Å². The lowest BCUT2D eigenvalue weighted by Crippen LogP contribution is -2.36. The minimum Gasteiger partial charge on any atom is -0.497 e. The fourth-order valence-corrected chi connectivity index (χ4v) is 3.67. The molecule has 4 aromatic rings. The van der Waals surface area contributed by atoms with Gasteiger partial charge in [-0.05, 0) is 69.1 Å². The zero-order valence-corrected chi connectivity index (χ0v) is 18.0. The summed E-state index contributed by atoms with van der Waals surface area (Å²) in [6.45, 7) is 1.01. The zero-order valence-electron chi connectivity index (χ0n) is 18.0. The van der Waals surface area contributed by atoms with Crippen LogP contribution in [0.1, 0.15) is 11.1 Å². The largest absolute Gasteiger partial charge is 0.497 e. The van der Waals surface area contributed by atoms with Gasteiger partial charge in [-0.3, -0.25) is 0 Å². The monoisotopic (exact) mass is 414 g/mol. The first-order valence-electron chi connectivity index (χ1n) is 10.2. The lowest BCUT2D eigenvalue weighted by atomic mass is 10.1. The molecular weight excluding hydrogens is 388 g/mol. The van der Waals surface area contributed by atoms with E-state index in [-0.39, 0.29) is 6.03 Å². The van der Waals surface area contributed by atoms with Gasteiger partial charge in [0.2, 0.25) is 0 Å². The second-order valence-corrected chi connectivity index (χ2v) is 7.61. The van der Waals surface area contributed by atoms with Gasteiger partial charge in [0.15, 0.2) is 0 Å². The number of urea groups is 1. The Morgan fingerprint density at radius 2 is 1.23 bits per heavy atom. The van der Waals surface area contributed by atoms with Crippen LogP contribution in [0, 0.1) is 0 Å². The number of hydrogen-bond acceptors (Lipinski definition) is 3. The molecule has 0 aliphatic rings. The zero-order chi connectivity index (χ0) is 21.8. The molecule has 0 unspecified atom stereocenters. The summed E-state index contributed by atoms with van der Waals surface area (Å²) in [5.41, 5.74) is 2.13. The van der Waals surface area contributed by atoms with E-state index in [1.807, 2.05) is 54.6 Å². The molecule has 2 amide bonds. The number of fused-ring (bicyclic) bond motifs is 2. The van der Waals surface area contributed by atoms with E-state index in [0.717, 1.165) is 44.2 Å². The van der Waals surface area contributed by atoms with Gasteiger partial charge < -0.3 is 19.7 Å². The number of amides is 2.